The lowest BCUT2D eigenvalue weighted by atomic mass is 10.0. The Balaban J connectivity index is 1.58. The van der Waals surface area contributed by atoms with Gasteiger partial charge in [0.25, 0.3) is 0 Å². The number of hydrogen-bond acceptors (Lipinski definition) is 10. The summed E-state index contributed by atoms with van der Waals surface area (Å²) in [5.74, 6) is 0.466. The SMILES string of the molecule is COc1cc(OC)c(Cl)c(-c2cc3cnc(N[C@@H]4COC[C@@H]4C=CC(=O)NC=O)nc3c(-c3cnn(C)c3)n2)c1Cl. The zero-order chi connectivity index (χ0) is 29.1. The number of aryl methyl sites for hydroxylation is 1. The van der Waals surface area contributed by atoms with Crippen LogP contribution in [0.25, 0.3) is 33.4 Å². The van der Waals surface area contributed by atoms with Gasteiger partial charge < -0.3 is 19.5 Å². The van der Waals surface area contributed by atoms with Crippen molar-refractivity contribution in [3.8, 4) is 34.0 Å². The Morgan fingerprint density at radius 1 is 1.12 bits per heavy atom. The van der Waals surface area contributed by atoms with Gasteiger partial charge in [0.15, 0.2) is 0 Å². The molecule has 2 amide bonds. The van der Waals surface area contributed by atoms with Crippen LogP contribution in [0.4, 0.5) is 5.95 Å². The van der Waals surface area contributed by atoms with E-state index in [1.165, 1.54) is 20.3 Å². The van der Waals surface area contributed by atoms with Crippen molar-refractivity contribution in [1.29, 1.82) is 0 Å². The number of anilines is 1. The summed E-state index contributed by atoms with van der Waals surface area (Å²) in [6, 6.07) is 3.20. The van der Waals surface area contributed by atoms with E-state index < -0.39 is 5.91 Å². The van der Waals surface area contributed by atoms with Crippen LogP contribution in [0, 0.1) is 5.92 Å². The largest absolute Gasteiger partial charge is 0.495 e. The van der Waals surface area contributed by atoms with Crippen molar-refractivity contribution in [2.45, 2.75) is 6.04 Å². The molecular formula is C27H25Cl2N7O5. The molecule has 1 fully saturated rings. The van der Waals surface area contributed by atoms with E-state index in [4.69, 9.17) is 47.4 Å². The summed E-state index contributed by atoms with van der Waals surface area (Å²) in [5.41, 5.74) is 2.73. The van der Waals surface area contributed by atoms with Gasteiger partial charge in [0.05, 0.1) is 55.4 Å². The fourth-order valence-corrected chi connectivity index (χ4v) is 5.18. The first-order valence-corrected chi connectivity index (χ1v) is 13.1. The summed E-state index contributed by atoms with van der Waals surface area (Å²) in [5, 5.41) is 10.9. The zero-order valence-corrected chi connectivity index (χ0v) is 23.7. The lowest BCUT2D eigenvalue weighted by Gasteiger charge is -2.17. The molecule has 212 valence electrons. The Morgan fingerprint density at radius 3 is 2.54 bits per heavy atom. The fraction of sp³-hybridized carbons (Fsp3) is 0.259. The highest BCUT2D eigenvalue weighted by molar-refractivity contribution is 6.41. The van der Waals surface area contributed by atoms with Crippen molar-refractivity contribution >= 4 is 52.4 Å². The van der Waals surface area contributed by atoms with Gasteiger partial charge in [0, 0.05) is 47.9 Å². The molecule has 1 aromatic carbocycles. The van der Waals surface area contributed by atoms with Crippen molar-refractivity contribution in [2.75, 3.05) is 32.8 Å². The van der Waals surface area contributed by atoms with Crippen LogP contribution < -0.4 is 20.1 Å². The Hall–Kier alpha value is -4.26. The number of halogens is 2. The van der Waals surface area contributed by atoms with Crippen LogP contribution in [0.1, 0.15) is 0 Å². The molecule has 0 saturated carbocycles. The number of hydrogen-bond donors (Lipinski definition) is 2. The first-order valence-electron chi connectivity index (χ1n) is 12.4. The minimum atomic E-state index is -0.510. The molecule has 2 atom stereocenters. The van der Waals surface area contributed by atoms with E-state index in [-0.39, 0.29) is 22.0 Å². The van der Waals surface area contributed by atoms with E-state index in [2.05, 4.69) is 20.7 Å². The molecule has 5 rings (SSSR count). The van der Waals surface area contributed by atoms with E-state index in [0.717, 1.165) is 5.56 Å². The van der Waals surface area contributed by atoms with Crippen LogP contribution in [0.15, 0.2) is 42.9 Å². The lowest BCUT2D eigenvalue weighted by molar-refractivity contribution is -0.121. The maximum Gasteiger partial charge on any atom is 0.250 e. The number of methoxy groups -OCH3 is 2. The van der Waals surface area contributed by atoms with Crippen LogP contribution in [0.5, 0.6) is 11.5 Å². The van der Waals surface area contributed by atoms with Gasteiger partial charge in [-0.25, -0.2) is 15.0 Å². The molecule has 1 aliphatic rings. The molecular weight excluding hydrogens is 573 g/mol. The Morgan fingerprint density at radius 2 is 1.88 bits per heavy atom. The van der Waals surface area contributed by atoms with Gasteiger partial charge in [0.2, 0.25) is 18.3 Å². The highest BCUT2D eigenvalue weighted by atomic mass is 35.5. The number of ether oxygens (including phenoxy) is 3. The van der Waals surface area contributed by atoms with E-state index in [0.29, 0.717) is 64.9 Å². The molecule has 4 heterocycles. The number of nitrogens with one attached hydrogen (secondary N) is 2. The topological polar surface area (TPSA) is 142 Å². The molecule has 14 heteroatoms. The molecule has 1 aliphatic heterocycles. The maximum absolute atomic E-state index is 11.7. The average molecular weight is 598 g/mol. The van der Waals surface area contributed by atoms with Gasteiger partial charge in [-0.3, -0.25) is 19.6 Å². The third kappa shape index (κ3) is 5.80. The van der Waals surface area contributed by atoms with Crippen LogP contribution in [0.3, 0.4) is 0 Å². The quantitative estimate of drug-likeness (QED) is 0.217. The van der Waals surface area contributed by atoms with Gasteiger partial charge in [-0.1, -0.05) is 29.3 Å². The summed E-state index contributed by atoms with van der Waals surface area (Å²) < 4.78 is 18.2. The van der Waals surface area contributed by atoms with E-state index in [9.17, 15) is 9.59 Å². The normalized spacial score (nSPS) is 16.7. The predicted octanol–water partition coefficient (Wildman–Crippen LogP) is 3.67. The number of aromatic nitrogens is 5. The second kappa shape index (κ2) is 12.1. The van der Waals surface area contributed by atoms with E-state index >= 15 is 0 Å². The number of amides is 2. The maximum atomic E-state index is 11.7. The number of rotatable bonds is 9. The number of benzene rings is 1. The third-order valence-electron chi connectivity index (χ3n) is 6.51. The van der Waals surface area contributed by atoms with Gasteiger partial charge in [-0.2, -0.15) is 5.10 Å². The Bertz CT molecular complexity index is 1630. The predicted molar refractivity (Wildman–Crippen MR) is 153 cm³/mol. The van der Waals surface area contributed by atoms with Crippen molar-refractivity contribution in [3.05, 3.63) is 52.9 Å². The van der Waals surface area contributed by atoms with Crippen LogP contribution >= 0.6 is 23.2 Å². The lowest BCUT2D eigenvalue weighted by Crippen LogP contribution is -2.28. The molecule has 0 radical (unpaired) electrons. The molecule has 1 saturated heterocycles. The molecule has 0 bridgehead atoms. The number of fused-ring (bicyclic) bond motifs is 1. The smallest absolute Gasteiger partial charge is 0.250 e. The van der Waals surface area contributed by atoms with Crippen LogP contribution in [-0.4, -0.2) is 70.5 Å². The summed E-state index contributed by atoms with van der Waals surface area (Å²) in [7, 11) is 4.82. The van der Waals surface area contributed by atoms with Gasteiger partial charge >= 0.3 is 0 Å². The second-order valence-electron chi connectivity index (χ2n) is 9.11. The third-order valence-corrected chi connectivity index (χ3v) is 7.26. The molecule has 41 heavy (non-hydrogen) atoms. The number of carbonyl (C=O) groups is 2. The Kier molecular flexibility index (Phi) is 8.34. The van der Waals surface area contributed by atoms with E-state index in [1.807, 2.05) is 6.20 Å². The second-order valence-corrected chi connectivity index (χ2v) is 9.87. The van der Waals surface area contributed by atoms with Gasteiger partial charge in [0.1, 0.15) is 22.7 Å². The minimum Gasteiger partial charge on any atom is -0.495 e. The van der Waals surface area contributed by atoms with Crippen molar-refractivity contribution in [2.24, 2.45) is 13.0 Å². The Labute approximate surface area is 244 Å². The molecule has 2 N–H and O–H groups in total. The number of nitrogens with zero attached hydrogens (tertiary/aromatic N) is 5. The highest BCUT2D eigenvalue weighted by Crippen LogP contribution is 2.46. The number of carbonyl (C=O) groups excluding carboxylic acids is 2. The molecule has 0 unspecified atom stereocenters. The standard InChI is InChI=1S/C27H25Cl2N7O5/c1-36-10-16(9-32-36)26-25-15(6-17(33-26)22-23(28)19(39-2)7-20(40-3)24(22)29)8-30-27(35-25)34-18-12-41-11-14(18)4-5-21(38)31-13-37/h4-10,13-14,18H,11-12H2,1-3H3,(H,30,34,35)(H,31,37,38)/t14-,18+/m0/s1. The van der Waals surface area contributed by atoms with Crippen molar-refractivity contribution in [1.82, 2.24) is 30.0 Å². The van der Waals surface area contributed by atoms with Crippen molar-refractivity contribution in [3.63, 3.8) is 0 Å². The highest BCUT2D eigenvalue weighted by Gasteiger charge is 2.28. The first-order chi connectivity index (χ1) is 19.8. The van der Waals surface area contributed by atoms with E-state index in [1.54, 1.807) is 42.3 Å². The summed E-state index contributed by atoms with van der Waals surface area (Å²) in [6.07, 6.45) is 8.52. The van der Waals surface area contributed by atoms with Crippen LogP contribution in [0.2, 0.25) is 10.0 Å². The van der Waals surface area contributed by atoms with Crippen LogP contribution in [-0.2, 0) is 21.4 Å². The molecule has 4 aromatic rings. The van der Waals surface area contributed by atoms with Gasteiger partial charge in [-0.15, -0.1) is 0 Å². The molecule has 0 aliphatic carbocycles. The van der Waals surface area contributed by atoms with Crippen molar-refractivity contribution < 1.29 is 23.8 Å². The molecule has 0 spiro atoms. The molecule has 12 nitrogen and oxygen atoms in total. The summed E-state index contributed by atoms with van der Waals surface area (Å²) in [4.78, 5) is 36.4. The summed E-state index contributed by atoms with van der Waals surface area (Å²) >= 11 is 13.4. The fourth-order valence-electron chi connectivity index (χ4n) is 4.48. The number of pyridine rings is 1. The number of imide groups is 1. The minimum absolute atomic E-state index is 0.141. The first kappa shape index (κ1) is 28.3. The van der Waals surface area contributed by atoms with Gasteiger partial charge in [-0.05, 0) is 12.1 Å². The summed E-state index contributed by atoms with van der Waals surface area (Å²) in [6.45, 7) is 0.778. The zero-order valence-electron chi connectivity index (χ0n) is 22.2. The average Bonchev–Trinajstić information content (AvgIpc) is 3.60. The monoisotopic (exact) mass is 597 g/mol. The molecule has 3 aromatic heterocycles.